The maximum Gasteiger partial charge on any atom is 0.224 e. The van der Waals surface area contributed by atoms with Crippen molar-refractivity contribution in [3.8, 4) is 0 Å². The number of piperidine rings is 1. The zero-order chi connectivity index (χ0) is 19.2. The van der Waals surface area contributed by atoms with Crippen LogP contribution in [0.15, 0.2) is 15.6 Å². The third-order valence-electron chi connectivity index (χ3n) is 4.68. The second-order valence-corrected chi connectivity index (χ2v) is 7.90. The normalized spacial score (nSPS) is 18.0. The van der Waals surface area contributed by atoms with E-state index < -0.39 is 0 Å². The summed E-state index contributed by atoms with van der Waals surface area (Å²) in [4.78, 5) is 22.8. The number of nitrogens with zero attached hydrogens (tertiary/aromatic N) is 3. The highest BCUT2D eigenvalue weighted by Crippen LogP contribution is 2.22. The Bertz CT molecular complexity index is 624. The molecule has 2 heterocycles. The monoisotopic (exact) mass is 491 g/mol. The number of hydrogen-bond acceptors (Lipinski definition) is 4. The van der Waals surface area contributed by atoms with E-state index in [-0.39, 0.29) is 35.3 Å². The fourth-order valence-electron chi connectivity index (χ4n) is 3.02. The lowest BCUT2D eigenvalue weighted by Gasteiger charge is -2.33. The second kappa shape index (κ2) is 10.9. The number of aliphatic imine (C=N–C) groups is 1. The van der Waals surface area contributed by atoms with Gasteiger partial charge in [0, 0.05) is 38.0 Å². The van der Waals surface area contributed by atoms with E-state index in [0.29, 0.717) is 37.4 Å². The van der Waals surface area contributed by atoms with Crippen LogP contribution in [-0.2, 0) is 16.8 Å². The first kappa shape index (κ1) is 23.7. The number of halogens is 1. The highest BCUT2D eigenvalue weighted by molar-refractivity contribution is 14.0. The van der Waals surface area contributed by atoms with Gasteiger partial charge in [-0.15, -0.1) is 24.0 Å². The first-order valence-electron chi connectivity index (χ1n) is 9.50. The lowest BCUT2D eigenvalue weighted by atomic mass is 9.94. The Balaban J connectivity index is 0.00000364. The second-order valence-electron chi connectivity index (χ2n) is 7.90. The fourth-order valence-corrected chi connectivity index (χ4v) is 3.02. The van der Waals surface area contributed by atoms with Crippen LogP contribution in [0.25, 0.3) is 0 Å². The zero-order valence-electron chi connectivity index (χ0n) is 17.2. The highest BCUT2D eigenvalue weighted by Gasteiger charge is 2.22. The van der Waals surface area contributed by atoms with Crippen LogP contribution in [0.3, 0.4) is 0 Å². The van der Waals surface area contributed by atoms with E-state index in [0.717, 1.165) is 25.1 Å². The topological polar surface area (TPSA) is 82.8 Å². The van der Waals surface area contributed by atoms with Gasteiger partial charge < -0.3 is 20.0 Å². The van der Waals surface area contributed by atoms with Crippen molar-refractivity contribution >= 4 is 35.8 Å². The Morgan fingerprint density at radius 3 is 2.70 bits per heavy atom. The Kier molecular flexibility index (Phi) is 9.55. The molecule has 1 aromatic rings. The third kappa shape index (κ3) is 7.31. The molecule has 0 saturated carbocycles. The van der Waals surface area contributed by atoms with Crippen LogP contribution < -0.4 is 10.6 Å². The number of rotatable bonds is 5. The Morgan fingerprint density at radius 2 is 2.11 bits per heavy atom. The van der Waals surface area contributed by atoms with Gasteiger partial charge in [-0.1, -0.05) is 20.8 Å². The maximum absolute atomic E-state index is 12.4. The van der Waals surface area contributed by atoms with E-state index in [1.54, 1.807) is 13.2 Å². The molecule has 8 heteroatoms. The first-order chi connectivity index (χ1) is 12.3. The largest absolute Gasteiger partial charge is 0.443 e. The van der Waals surface area contributed by atoms with Gasteiger partial charge in [-0.2, -0.15) is 0 Å². The molecule has 1 aromatic heterocycles. The molecule has 7 nitrogen and oxygen atoms in total. The molecule has 1 atom stereocenters. The number of guanidine groups is 1. The van der Waals surface area contributed by atoms with Gasteiger partial charge in [0.05, 0.1) is 12.7 Å². The molecule has 0 aliphatic carbocycles. The number of oxazole rings is 1. The van der Waals surface area contributed by atoms with E-state index >= 15 is 0 Å². The molecule has 154 valence electrons. The van der Waals surface area contributed by atoms with Crippen molar-refractivity contribution < 1.29 is 9.21 Å². The summed E-state index contributed by atoms with van der Waals surface area (Å²) >= 11 is 0. The van der Waals surface area contributed by atoms with Crippen molar-refractivity contribution in [2.24, 2.45) is 4.99 Å². The smallest absolute Gasteiger partial charge is 0.224 e. The molecular weight excluding hydrogens is 457 g/mol. The molecular formula is C19H34IN5O2. The molecule has 0 aromatic carbocycles. The molecule has 1 fully saturated rings. The van der Waals surface area contributed by atoms with Crippen molar-refractivity contribution in [1.29, 1.82) is 0 Å². The van der Waals surface area contributed by atoms with Crippen LogP contribution >= 0.6 is 24.0 Å². The molecule has 0 radical (unpaired) electrons. The molecule has 2 N–H and O–H groups in total. The van der Waals surface area contributed by atoms with Crippen LogP contribution in [0.2, 0.25) is 0 Å². The molecule has 27 heavy (non-hydrogen) atoms. The number of likely N-dealkylation sites (tertiary alicyclic amines) is 1. The number of carbonyl (C=O) groups is 1. The van der Waals surface area contributed by atoms with Crippen molar-refractivity contribution in [2.75, 3.05) is 20.1 Å². The van der Waals surface area contributed by atoms with Gasteiger partial charge in [0.25, 0.3) is 0 Å². The van der Waals surface area contributed by atoms with E-state index in [2.05, 4.69) is 48.3 Å². The van der Waals surface area contributed by atoms with Gasteiger partial charge in [-0.3, -0.25) is 9.79 Å². The molecule has 2 rings (SSSR count). The van der Waals surface area contributed by atoms with Crippen molar-refractivity contribution in [2.45, 2.75) is 71.4 Å². The maximum atomic E-state index is 12.4. The summed E-state index contributed by atoms with van der Waals surface area (Å²) in [5, 5.41) is 6.35. The van der Waals surface area contributed by atoms with Crippen molar-refractivity contribution in [3.05, 3.63) is 17.8 Å². The molecule has 1 amide bonds. The van der Waals surface area contributed by atoms with Crippen LogP contribution in [0.4, 0.5) is 0 Å². The standard InChI is InChI=1S/C19H33N5O2.HI/c1-14-8-6-7-11-24(14)17(25)9-10-21-18(20-5)23-13-16-22-12-15(26-16)19(2,3)4;/h12,14H,6-11,13H2,1-5H3,(H2,20,21,23);1H. The highest BCUT2D eigenvalue weighted by atomic mass is 127. The summed E-state index contributed by atoms with van der Waals surface area (Å²) < 4.78 is 5.76. The number of amides is 1. The summed E-state index contributed by atoms with van der Waals surface area (Å²) in [5.41, 5.74) is -0.0584. The van der Waals surface area contributed by atoms with Crippen molar-refractivity contribution in [1.82, 2.24) is 20.5 Å². The van der Waals surface area contributed by atoms with Gasteiger partial charge in [0.1, 0.15) is 5.76 Å². The summed E-state index contributed by atoms with van der Waals surface area (Å²) in [6.45, 7) is 10.3. The average molecular weight is 491 g/mol. The Hall–Kier alpha value is -1.32. The van der Waals surface area contributed by atoms with E-state index in [1.807, 2.05) is 4.90 Å². The van der Waals surface area contributed by atoms with E-state index in [9.17, 15) is 4.79 Å². The minimum atomic E-state index is -0.0584. The van der Waals surface area contributed by atoms with E-state index in [4.69, 9.17) is 4.42 Å². The summed E-state index contributed by atoms with van der Waals surface area (Å²) in [5.74, 6) is 2.33. The number of nitrogens with one attached hydrogen (secondary N) is 2. The zero-order valence-corrected chi connectivity index (χ0v) is 19.5. The van der Waals surface area contributed by atoms with Gasteiger partial charge in [0.15, 0.2) is 5.96 Å². The van der Waals surface area contributed by atoms with Gasteiger partial charge in [0.2, 0.25) is 11.8 Å². The van der Waals surface area contributed by atoms with Crippen LogP contribution in [0.1, 0.15) is 65.0 Å². The molecule has 1 unspecified atom stereocenters. The first-order valence-corrected chi connectivity index (χ1v) is 9.50. The molecule has 1 aliphatic rings. The fraction of sp³-hybridized carbons (Fsp3) is 0.737. The number of aromatic nitrogens is 1. The summed E-state index contributed by atoms with van der Waals surface area (Å²) in [7, 11) is 1.71. The lowest BCUT2D eigenvalue weighted by molar-refractivity contribution is -0.134. The van der Waals surface area contributed by atoms with Crippen LogP contribution in [0.5, 0.6) is 0 Å². The third-order valence-corrected chi connectivity index (χ3v) is 4.68. The van der Waals surface area contributed by atoms with Crippen LogP contribution in [-0.4, -0.2) is 47.9 Å². The molecule has 0 spiro atoms. The summed E-state index contributed by atoms with van der Waals surface area (Å²) in [6.07, 6.45) is 5.68. The SMILES string of the molecule is CN=C(NCCC(=O)N1CCCCC1C)NCc1ncc(C(C)(C)C)o1.I. The quantitative estimate of drug-likeness (QED) is 0.376. The predicted octanol–water partition coefficient (Wildman–Crippen LogP) is 3.05. The van der Waals surface area contributed by atoms with Gasteiger partial charge in [-0.25, -0.2) is 4.98 Å². The Morgan fingerprint density at radius 1 is 1.37 bits per heavy atom. The minimum Gasteiger partial charge on any atom is -0.443 e. The van der Waals surface area contributed by atoms with E-state index in [1.165, 1.54) is 6.42 Å². The Labute approximate surface area is 179 Å². The predicted molar refractivity (Wildman–Crippen MR) is 118 cm³/mol. The lowest BCUT2D eigenvalue weighted by Crippen LogP contribution is -2.44. The molecule has 0 bridgehead atoms. The molecule has 1 saturated heterocycles. The van der Waals surface area contributed by atoms with Crippen molar-refractivity contribution in [3.63, 3.8) is 0 Å². The van der Waals surface area contributed by atoms with Crippen LogP contribution in [0, 0.1) is 0 Å². The molecule has 1 aliphatic heterocycles. The minimum absolute atomic E-state index is 0. The van der Waals surface area contributed by atoms with Gasteiger partial charge >= 0.3 is 0 Å². The average Bonchev–Trinajstić information content (AvgIpc) is 3.07. The van der Waals surface area contributed by atoms with Gasteiger partial charge in [-0.05, 0) is 26.2 Å². The number of hydrogen-bond donors (Lipinski definition) is 2. The summed E-state index contributed by atoms with van der Waals surface area (Å²) in [6, 6.07) is 0.357. The number of carbonyl (C=O) groups excluding carboxylic acids is 1.